The van der Waals surface area contributed by atoms with E-state index in [1.165, 1.54) is 12.1 Å². The Morgan fingerprint density at radius 2 is 1.63 bits per heavy atom. The second-order valence-electron chi connectivity index (χ2n) is 6.20. The van der Waals surface area contributed by atoms with Crippen LogP contribution in [-0.4, -0.2) is 32.1 Å². The van der Waals surface area contributed by atoms with Gasteiger partial charge in [-0.15, -0.1) is 24.0 Å². The number of benzene rings is 2. The zero-order valence-corrected chi connectivity index (χ0v) is 18.7. The molecule has 0 fully saturated rings. The van der Waals surface area contributed by atoms with Crippen molar-refractivity contribution in [2.75, 3.05) is 20.2 Å². The predicted octanol–water partition coefficient (Wildman–Crippen LogP) is 3.10. The number of nitrogens with two attached hydrogens (primary N) is 1. The molecule has 2 aromatic carbocycles. The largest absolute Gasteiger partial charge is 0.484 e. The number of ether oxygens (including phenoxy) is 1. The number of carbonyl (C=O) groups is 1. The Morgan fingerprint density at radius 3 is 2.17 bits per heavy atom. The van der Waals surface area contributed by atoms with Crippen LogP contribution in [-0.2, 0) is 23.9 Å². The van der Waals surface area contributed by atoms with E-state index in [4.69, 9.17) is 10.5 Å². The molecule has 0 aliphatic carbocycles. The molecule has 2 rings (SSSR count). The molecule has 0 unspecified atom stereocenters. The molecule has 2 aromatic rings. The van der Waals surface area contributed by atoms with Gasteiger partial charge in [0.2, 0.25) is 0 Å². The van der Waals surface area contributed by atoms with Crippen LogP contribution in [0.1, 0.15) is 16.7 Å². The maximum atomic E-state index is 12.6. The van der Waals surface area contributed by atoms with Gasteiger partial charge in [0, 0.05) is 20.1 Å². The molecule has 0 aliphatic heterocycles. The van der Waals surface area contributed by atoms with Gasteiger partial charge in [-0.1, -0.05) is 24.3 Å². The fourth-order valence-electron chi connectivity index (χ4n) is 2.45. The molecule has 0 aliphatic rings. The van der Waals surface area contributed by atoms with Crippen LogP contribution in [0.2, 0.25) is 0 Å². The molecule has 0 aromatic heterocycles. The summed E-state index contributed by atoms with van der Waals surface area (Å²) in [6, 6.07) is 12.3. The number of nitrogens with one attached hydrogen (secondary N) is 2. The quantitative estimate of drug-likeness (QED) is 0.275. The lowest BCUT2D eigenvalue weighted by Crippen LogP contribution is -2.37. The standard InChI is InChI=1S/C20H23F3N4O2.HI/c1-25-19(27-12-15-2-6-16(7-3-15)20(21,22)23)26-11-10-14-4-8-17(9-5-14)29-13-18(24)28;/h2-9H,10-13H2,1H3,(H2,24,28)(H2,25,26,27);1H. The number of rotatable bonds is 8. The maximum absolute atomic E-state index is 12.6. The molecular weight excluding hydrogens is 512 g/mol. The Balaban J connectivity index is 0.00000450. The molecule has 0 heterocycles. The second-order valence-corrected chi connectivity index (χ2v) is 6.20. The van der Waals surface area contributed by atoms with Crippen LogP contribution in [0.25, 0.3) is 0 Å². The van der Waals surface area contributed by atoms with Crippen LogP contribution in [0, 0.1) is 0 Å². The first-order valence-electron chi connectivity index (χ1n) is 8.88. The number of primary amides is 1. The lowest BCUT2D eigenvalue weighted by atomic mass is 10.1. The Hall–Kier alpha value is -2.50. The lowest BCUT2D eigenvalue weighted by molar-refractivity contribution is -0.137. The number of alkyl halides is 3. The predicted molar refractivity (Wildman–Crippen MR) is 120 cm³/mol. The first kappa shape index (κ1) is 25.5. The molecule has 30 heavy (non-hydrogen) atoms. The van der Waals surface area contributed by atoms with Crippen molar-refractivity contribution < 1.29 is 22.7 Å². The number of aliphatic imine (C=N–C) groups is 1. The van der Waals surface area contributed by atoms with Gasteiger partial charge < -0.3 is 21.1 Å². The summed E-state index contributed by atoms with van der Waals surface area (Å²) in [6.45, 7) is 0.791. The summed E-state index contributed by atoms with van der Waals surface area (Å²) in [5.41, 5.74) is 6.13. The zero-order valence-electron chi connectivity index (χ0n) is 16.3. The van der Waals surface area contributed by atoms with E-state index in [0.717, 1.165) is 24.1 Å². The van der Waals surface area contributed by atoms with E-state index in [-0.39, 0.29) is 30.6 Å². The van der Waals surface area contributed by atoms with Crippen molar-refractivity contribution >= 4 is 35.8 Å². The van der Waals surface area contributed by atoms with Crippen molar-refractivity contribution in [2.45, 2.75) is 19.1 Å². The van der Waals surface area contributed by atoms with Crippen LogP contribution in [0.3, 0.4) is 0 Å². The van der Waals surface area contributed by atoms with Gasteiger partial charge in [-0.25, -0.2) is 0 Å². The van der Waals surface area contributed by atoms with Crippen LogP contribution in [0.4, 0.5) is 13.2 Å². The SMILES string of the molecule is CN=C(NCCc1ccc(OCC(N)=O)cc1)NCc1ccc(C(F)(F)F)cc1.I. The van der Waals surface area contributed by atoms with Crippen LogP contribution in [0.5, 0.6) is 5.75 Å². The van der Waals surface area contributed by atoms with Crippen molar-refractivity contribution in [2.24, 2.45) is 10.7 Å². The molecule has 0 atom stereocenters. The molecule has 0 radical (unpaired) electrons. The van der Waals surface area contributed by atoms with Crippen LogP contribution in [0.15, 0.2) is 53.5 Å². The van der Waals surface area contributed by atoms with Gasteiger partial charge in [-0.2, -0.15) is 13.2 Å². The third-order valence-corrected chi connectivity index (χ3v) is 3.98. The minimum Gasteiger partial charge on any atom is -0.484 e. The smallest absolute Gasteiger partial charge is 0.416 e. The minimum atomic E-state index is -4.34. The van der Waals surface area contributed by atoms with Crippen molar-refractivity contribution in [3.05, 3.63) is 65.2 Å². The molecule has 6 nitrogen and oxygen atoms in total. The summed E-state index contributed by atoms with van der Waals surface area (Å²) < 4.78 is 43.0. The number of hydrogen-bond donors (Lipinski definition) is 3. The van der Waals surface area contributed by atoms with Gasteiger partial charge in [0.05, 0.1) is 5.56 Å². The minimum absolute atomic E-state index is 0. The number of hydrogen-bond acceptors (Lipinski definition) is 3. The highest BCUT2D eigenvalue weighted by atomic mass is 127. The summed E-state index contributed by atoms with van der Waals surface area (Å²) in [6.07, 6.45) is -3.62. The van der Waals surface area contributed by atoms with E-state index in [9.17, 15) is 18.0 Å². The highest BCUT2D eigenvalue weighted by Gasteiger charge is 2.29. The van der Waals surface area contributed by atoms with E-state index in [1.54, 1.807) is 19.2 Å². The summed E-state index contributed by atoms with van der Waals surface area (Å²) in [5.74, 6) is 0.578. The normalized spacial score (nSPS) is 11.4. The molecule has 4 N–H and O–H groups in total. The van der Waals surface area contributed by atoms with Gasteiger partial charge in [-0.3, -0.25) is 9.79 Å². The highest BCUT2D eigenvalue weighted by molar-refractivity contribution is 14.0. The first-order chi connectivity index (χ1) is 13.8. The molecule has 0 saturated carbocycles. The zero-order chi connectivity index (χ0) is 21.3. The number of carbonyl (C=O) groups excluding carboxylic acids is 1. The van der Waals surface area contributed by atoms with E-state index in [1.807, 2.05) is 12.1 Å². The van der Waals surface area contributed by atoms with Gasteiger partial charge in [0.25, 0.3) is 5.91 Å². The van der Waals surface area contributed by atoms with Crippen LogP contribution < -0.4 is 21.1 Å². The van der Waals surface area contributed by atoms with Gasteiger partial charge in [-0.05, 0) is 41.8 Å². The Labute approximate surface area is 190 Å². The van der Waals surface area contributed by atoms with E-state index in [0.29, 0.717) is 30.4 Å². The van der Waals surface area contributed by atoms with E-state index < -0.39 is 17.6 Å². The summed E-state index contributed by atoms with van der Waals surface area (Å²) in [5, 5.41) is 6.21. The summed E-state index contributed by atoms with van der Waals surface area (Å²) in [7, 11) is 1.62. The Kier molecular flexibility index (Phi) is 10.4. The number of amides is 1. The van der Waals surface area contributed by atoms with Crippen LogP contribution >= 0.6 is 24.0 Å². The summed E-state index contributed by atoms with van der Waals surface area (Å²) >= 11 is 0. The van der Waals surface area contributed by atoms with E-state index >= 15 is 0 Å². The molecule has 0 bridgehead atoms. The monoisotopic (exact) mass is 536 g/mol. The average molecular weight is 536 g/mol. The third-order valence-electron chi connectivity index (χ3n) is 3.98. The highest BCUT2D eigenvalue weighted by Crippen LogP contribution is 2.29. The van der Waals surface area contributed by atoms with E-state index in [2.05, 4.69) is 15.6 Å². The molecule has 164 valence electrons. The van der Waals surface area contributed by atoms with Crippen molar-refractivity contribution in [1.29, 1.82) is 0 Å². The lowest BCUT2D eigenvalue weighted by Gasteiger charge is -2.13. The topological polar surface area (TPSA) is 88.7 Å². The number of guanidine groups is 1. The van der Waals surface area contributed by atoms with Crippen molar-refractivity contribution in [3.8, 4) is 5.75 Å². The second kappa shape index (κ2) is 12.3. The van der Waals surface area contributed by atoms with Crippen molar-refractivity contribution in [3.63, 3.8) is 0 Å². The fraction of sp³-hybridized carbons (Fsp3) is 0.300. The fourth-order valence-corrected chi connectivity index (χ4v) is 2.45. The van der Waals surface area contributed by atoms with Gasteiger partial charge in [0.15, 0.2) is 12.6 Å². The van der Waals surface area contributed by atoms with Gasteiger partial charge in [0.1, 0.15) is 5.75 Å². The Bertz CT molecular complexity index is 825. The number of halogens is 4. The number of nitrogens with zero attached hydrogens (tertiary/aromatic N) is 1. The summed E-state index contributed by atoms with van der Waals surface area (Å²) in [4.78, 5) is 14.8. The molecular formula is C20H24F3IN4O2. The molecule has 1 amide bonds. The molecule has 0 saturated heterocycles. The van der Waals surface area contributed by atoms with Gasteiger partial charge >= 0.3 is 6.18 Å². The average Bonchev–Trinajstić information content (AvgIpc) is 2.69. The van der Waals surface area contributed by atoms with Crippen molar-refractivity contribution in [1.82, 2.24) is 10.6 Å². The maximum Gasteiger partial charge on any atom is 0.416 e. The molecule has 10 heteroatoms. The third kappa shape index (κ3) is 8.89. The molecule has 0 spiro atoms. The Morgan fingerprint density at radius 1 is 1.03 bits per heavy atom. The first-order valence-corrected chi connectivity index (χ1v) is 8.88.